The SMILES string of the molecule is CCc1cccc(CC)c1-c1cc(OCCOC)c(CCNC2CCCc3ccccc32)c(C)n1. The molecule has 0 bridgehead atoms. The van der Waals surface area contributed by atoms with Crippen molar-refractivity contribution in [3.8, 4) is 17.0 Å². The third-order valence-electron chi connectivity index (χ3n) is 7.23. The Bertz CT molecular complexity index is 1100. The molecule has 0 radical (unpaired) electrons. The van der Waals surface area contributed by atoms with Crippen LogP contribution in [0.25, 0.3) is 11.3 Å². The van der Waals surface area contributed by atoms with Gasteiger partial charge in [-0.2, -0.15) is 0 Å². The van der Waals surface area contributed by atoms with Crippen molar-refractivity contribution in [3.63, 3.8) is 0 Å². The van der Waals surface area contributed by atoms with Crippen LogP contribution in [-0.2, 0) is 30.4 Å². The minimum absolute atomic E-state index is 0.425. The molecule has 2 aromatic carbocycles. The summed E-state index contributed by atoms with van der Waals surface area (Å²) in [6.45, 7) is 8.55. The topological polar surface area (TPSA) is 43.4 Å². The molecule has 4 nitrogen and oxygen atoms in total. The van der Waals surface area contributed by atoms with Crippen LogP contribution >= 0.6 is 0 Å². The highest BCUT2D eigenvalue weighted by Crippen LogP contribution is 2.34. The minimum Gasteiger partial charge on any atom is -0.491 e. The number of methoxy groups -OCH3 is 1. The summed E-state index contributed by atoms with van der Waals surface area (Å²) in [5, 5.41) is 3.82. The van der Waals surface area contributed by atoms with Crippen molar-refractivity contribution in [2.75, 3.05) is 26.9 Å². The van der Waals surface area contributed by atoms with Crippen LogP contribution in [0.4, 0.5) is 0 Å². The number of nitrogens with zero attached hydrogens (tertiary/aromatic N) is 1. The first-order valence-electron chi connectivity index (χ1n) is 13.2. The lowest BCUT2D eigenvalue weighted by molar-refractivity contribution is 0.145. The fraction of sp³-hybridized carbons (Fsp3) is 0.452. The molecule has 1 atom stereocenters. The third kappa shape index (κ3) is 5.94. The van der Waals surface area contributed by atoms with Gasteiger partial charge in [0.2, 0.25) is 0 Å². The van der Waals surface area contributed by atoms with E-state index in [0.717, 1.165) is 42.9 Å². The molecule has 1 aliphatic carbocycles. The molecule has 0 spiro atoms. The second-order valence-corrected chi connectivity index (χ2v) is 9.42. The lowest BCUT2D eigenvalue weighted by Gasteiger charge is -2.27. The van der Waals surface area contributed by atoms with Gasteiger partial charge in [-0.25, -0.2) is 0 Å². The van der Waals surface area contributed by atoms with Crippen LogP contribution in [0.15, 0.2) is 48.5 Å². The standard InChI is InChI=1S/C31H40N2O2/c1-5-23-12-9-13-24(6-2)31(23)29-21-30(35-20-19-34-4)26(22(3)33-29)17-18-32-28-16-10-14-25-11-7-8-15-27(25)28/h7-9,11-13,15,21,28,32H,5-6,10,14,16-20H2,1-4H3. The summed E-state index contributed by atoms with van der Waals surface area (Å²) in [4.78, 5) is 5.11. The zero-order chi connectivity index (χ0) is 24.6. The molecule has 4 heteroatoms. The van der Waals surface area contributed by atoms with E-state index in [1.807, 2.05) is 0 Å². The molecular formula is C31H40N2O2. The molecule has 4 rings (SSSR count). The predicted molar refractivity (Wildman–Crippen MR) is 144 cm³/mol. The van der Waals surface area contributed by atoms with Crippen LogP contribution in [0, 0.1) is 6.92 Å². The third-order valence-corrected chi connectivity index (χ3v) is 7.23. The molecule has 186 valence electrons. The molecule has 1 N–H and O–H groups in total. The highest BCUT2D eigenvalue weighted by atomic mass is 16.5. The number of hydrogen-bond acceptors (Lipinski definition) is 4. The van der Waals surface area contributed by atoms with Crippen molar-refractivity contribution in [2.45, 2.75) is 65.3 Å². The smallest absolute Gasteiger partial charge is 0.126 e. The Morgan fingerprint density at radius 3 is 2.51 bits per heavy atom. The van der Waals surface area contributed by atoms with Crippen LogP contribution in [0.5, 0.6) is 5.75 Å². The number of fused-ring (bicyclic) bond motifs is 1. The van der Waals surface area contributed by atoms with Gasteiger partial charge in [0.05, 0.1) is 12.3 Å². The van der Waals surface area contributed by atoms with Gasteiger partial charge in [-0.15, -0.1) is 0 Å². The van der Waals surface area contributed by atoms with Crippen molar-refractivity contribution in [1.82, 2.24) is 10.3 Å². The van der Waals surface area contributed by atoms with Crippen LogP contribution in [0.1, 0.15) is 66.2 Å². The van der Waals surface area contributed by atoms with Crippen molar-refractivity contribution in [1.29, 1.82) is 0 Å². The fourth-order valence-electron chi connectivity index (χ4n) is 5.37. The van der Waals surface area contributed by atoms with Gasteiger partial charge >= 0.3 is 0 Å². The number of hydrogen-bond donors (Lipinski definition) is 1. The van der Waals surface area contributed by atoms with Crippen LogP contribution in [-0.4, -0.2) is 31.9 Å². The van der Waals surface area contributed by atoms with Crippen molar-refractivity contribution in [2.24, 2.45) is 0 Å². The maximum Gasteiger partial charge on any atom is 0.126 e. The van der Waals surface area contributed by atoms with E-state index in [1.165, 1.54) is 52.6 Å². The first-order valence-corrected chi connectivity index (χ1v) is 13.2. The maximum atomic E-state index is 6.27. The first kappa shape index (κ1) is 25.4. The second-order valence-electron chi connectivity index (χ2n) is 9.42. The summed E-state index contributed by atoms with van der Waals surface area (Å²) >= 11 is 0. The molecule has 0 aliphatic heterocycles. The number of aromatic nitrogens is 1. The predicted octanol–water partition coefficient (Wildman–Crippen LogP) is 6.42. The monoisotopic (exact) mass is 472 g/mol. The lowest BCUT2D eigenvalue weighted by Crippen LogP contribution is -2.27. The van der Waals surface area contributed by atoms with E-state index in [1.54, 1.807) is 7.11 Å². The van der Waals surface area contributed by atoms with E-state index in [-0.39, 0.29) is 0 Å². The molecule has 0 amide bonds. The van der Waals surface area contributed by atoms with E-state index >= 15 is 0 Å². The second kappa shape index (κ2) is 12.3. The van der Waals surface area contributed by atoms with Crippen molar-refractivity contribution >= 4 is 0 Å². The Labute approximate surface area is 211 Å². The number of nitrogens with one attached hydrogen (secondary N) is 1. The van der Waals surface area contributed by atoms with Gasteiger partial charge in [-0.1, -0.05) is 56.3 Å². The summed E-state index contributed by atoms with van der Waals surface area (Å²) < 4.78 is 11.5. The Morgan fingerprint density at radius 2 is 1.77 bits per heavy atom. The Morgan fingerprint density at radius 1 is 1.00 bits per heavy atom. The average Bonchev–Trinajstić information content (AvgIpc) is 2.89. The molecule has 3 aromatic rings. The minimum atomic E-state index is 0.425. The van der Waals surface area contributed by atoms with Crippen molar-refractivity contribution in [3.05, 3.63) is 82.0 Å². The molecular weight excluding hydrogens is 432 g/mol. The summed E-state index contributed by atoms with van der Waals surface area (Å²) in [5.74, 6) is 0.934. The Kier molecular flexibility index (Phi) is 8.95. The van der Waals surface area contributed by atoms with E-state index in [4.69, 9.17) is 14.5 Å². The molecule has 1 heterocycles. The molecule has 1 aromatic heterocycles. The van der Waals surface area contributed by atoms with E-state index in [9.17, 15) is 0 Å². The number of aryl methyl sites for hydroxylation is 4. The molecule has 0 fully saturated rings. The van der Waals surface area contributed by atoms with Crippen molar-refractivity contribution < 1.29 is 9.47 Å². The summed E-state index contributed by atoms with van der Waals surface area (Å²) in [6.07, 6.45) is 6.48. The van der Waals surface area contributed by atoms with Crippen LogP contribution < -0.4 is 10.1 Å². The molecule has 0 saturated carbocycles. The number of ether oxygens (including phenoxy) is 2. The normalized spacial score (nSPS) is 15.1. The van der Waals surface area contributed by atoms with Gasteiger partial charge in [-0.3, -0.25) is 4.98 Å². The lowest BCUT2D eigenvalue weighted by atomic mass is 9.87. The summed E-state index contributed by atoms with van der Waals surface area (Å²) in [5.41, 5.74) is 10.1. The zero-order valence-electron chi connectivity index (χ0n) is 21.8. The number of rotatable bonds is 11. The van der Waals surface area contributed by atoms with Gasteiger partial charge < -0.3 is 14.8 Å². The molecule has 35 heavy (non-hydrogen) atoms. The van der Waals surface area contributed by atoms with Gasteiger partial charge in [-0.05, 0) is 74.2 Å². The molecule has 0 saturated heterocycles. The van der Waals surface area contributed by atoms with E-state index in [2.05, 4.69) is 74.6 Å². The Balaban J connectivity index is 1.59. The number of benzene rings is 2. The maximum absolute atomic E-state index is 6.27. The van der Waals surface area contributed by atoms with Gasteiger partial charge in [0.25, 0.3) is 0 Å². The fourth-order valence-corrected chi connectivity index (χ4v) is 5.37. The largest absolute Gasteiger partial charge is 0.491 e. The zero-order valence-corrected chi connectivity index (χ0v) is 21.8. The average molecular weight is 473 g/mol. The van der Waals surface area contributed by atoms with Gasteiger partial charge in [0, 0.05) is 36.0 Å². The quantitative estimate of drug-likeness (QED) is 0.327. The highest BCUT2D eigenvalue weighted by molar-refractivity contribution is 5.70. The first-order chi connectivity index (χ1) is 17.2. The van der Waals surface area contributed by atoms with Gasteiger partial charge in [0.15, 0.2) is 0 Å². The molecule has 1 aliphatic rings. The Hall–Kier alpha value is -2.69. The van der Waals surface area contributed by atoms with E-state index < -0.39 is 0 Å². The molecule has 1 unspecified atom stereocenters. The van der Waals surface area contributed by atoms with Crippen LogP contribution in [0.2, 0.25) is 0 Å². The van der Waals surface area contributed by atoms with Crippen LogP contribution in [0.3, 0.4) is 0 Å². The number of pyridine rings is 1. The summed E-state index contributed by atoms with van der Waals surface area (Å²) in [6, 6.07) is 18.0. The highest BCUT2D eigenvalue weighted by Gasteiger charge is 2.20. The van der Waals surface area contributed by atoms with E-state index in [0.29, 0.717) is 19.3 Å². The van der Waals surface area contributed by atoms with Gasteiger partial charge in [0.1, 0.15) is 12.4 Å². The summed E-state index contributed by atoms with van der Waals surface area (Å²) in [7, 11) is 1.71.